The van der Waals surface area contributed by atoms with Crippen molar-refractivity contribution >= 4 is 40.7 Å². The van der Waals surface area contributed by atoms with Crippen LogP contribution in [0.1, 0.15) is 46.2 Å². The Labute approximate surface area is 142 Å². The third-order valence-electron chi connectivity index (χ3n) is 4.47. The standard InChI is InChI=1S/C15H18Cl3NO.CH4/c1-4-14(10(3)15(14,17)18)13(20)19-9(2)11-5-7-12(16)8-6-11;/h5-10H,4H2,1-3H3,(H,19,20);1H4/t9-,10-,14+;/m1./s1. The fourth-order valence-electron chi connectivity index (χ4n) is 2.85. The number of hydrogen-bond acceptors (Lipinski definition) is 1. The third-order valence-corrected chi connectivity index (χ3v) is 6.06. The molecule has 3 atom stereocenters. The second kappa shape index (κ2) is 6.36. The number of nitrogens with one attached hydrogen (secondary N) is 1. The zero-order valence-corrected chi connectivity index (χ0v) is 14.0. The van der Waals surface area contributed by atoms with E-state index in [0.29, 0.717) is 11.4 Å². The van der Waals surface area contributed by atoms with Gasteiger partial charge in [-0.1, -0.05) is 45.0 Å². The van der Waals surface area contributed by atoms with Gasteiger partial charge in [0.25, 0.3) is 0 Å². The van der Waals surface area contributed by atoms with Crippen LogP contribution in [0.4, 0.5) is 0 Å². The van der Waals surface area contributed by atoms with Gasteiger partial charge in [0, 0.05) is 10.9 Å². The monoisotopic (exact) mass is 349 g/mol. The van der Waals surface area contributed by atoms with Crippen LogP contribution in [0.25, 0.3) is 0 Å². The Hall–Kier alpha value is -0.440. The summed E-state index contributed by atoms with van der Waals surface area (Å²) >= 11 is 18.4. The van der Waals surface area contributed by atoms with E-state index < -0.39 is 9.75 Å². The van der Waals surface area contributed by atoms with Gasteiger partial charge in [-0.15, -0.1) is 23.2 Å². The second-order valence-electron chi connectivity index (χ2n) is 5.42. The number of amides is 1. The summed E-state index contributed by atoms with van der Waals surface area (Å²) < 4.78 is -0.967. The topological polar surface area (TPSA) is 29.1 Å². The van der Waals surface area contributed by atoms with Gasteiger partial charge in [-0.3, -0.25) is 4.79 Å². The molecule has 0 bridgehead atoms. The Morgan fingerprint density at radius 3 is 2.19 bits per heavy atom. The first kappa shape index (κ1) is 18.6. The zero-order chi connectivity index (χ0) is 15.1. The molecular formula is C16H22Cl3NO. The molecule has 1 aromatic rings. The molecule has 1 aliphatic carbocycles. The Morgan fingerprint density at radius 2 is 1.81 bits per heavy atom. The maximum Gasteiger partial charge on any atom is 0.230 e. The van der Waals surface area contributed by atoms with Crippen LogP contribution < -0.4 is 5.32 Å². The molecule has 0 aromatic heterocycles. The SMILES string of the molecule is C.CC[C@@]1(C(=O)N[C@H](C)c2ccc(Cl)cc2)[C@@H](C)C1(Cl)Cl. The summed E-state index contributed by atoms with van der Waals surface area (Å²) in [5.74, 6) is -0.124. The van der Waals surface area contributed by atoms with Crippen molar-refractivity contribution in [3.8, 4) is 0 Å². The Kier molecular flexibility index (Phi) is 5.63. The minimum atomic E-state index is -0.967. The molecular weight excluding hydrogens is 329 g/mol. The van der Waals surface area contributed by atoms with E-state index in [1.165, 1.54) is 0 Å². The molecule has 2 rings (SSSR count). The predicted molar refractivity (Wildman–Crippen MR) is 91.1 cm³/mol. The van der Waals surface area contributed by atoms with Gasteiger partial charge in [0.05, 0.1) is 11.5 Å². The van der Waals surface area contributed by atoms with Crippen LogP contribution in [0, 0.1) is 11.3 Å². The molecule has 0 saturated heterocycles. The van der Waals surface area contributed by atoms with Gasteiger partial charge < -0.3 is 5.32 Å². The highest BCUT2D eigenvalue weighted by molar-refractivity contribution is 6.53. The smallest absolute Gasteiger partial charge is 0.230 e. The first-order valence-corrected chi connectivity index (χ1v) is 7.85. The Morgan fingerprint density at radius 1 is 1.33 bits per heavy atom. The summed E-state index contributed by atoms with van der Waals surface area (Å²) in [5.41, 5.74) is 0.314. The summed E-state index contributed by atoms with van der Waals surface area (Å²) in [6.45, 7) is 5.78. The van der Waals surface area contributed by atoms with Crippen LogP contribution in [0.15, 0.2) is 24.3 Å². The fourth-order valence-corrected chi connectivity index (χ4v) is 4.01. The normalized spacial score (nSPS) is 27.4. The van der Waals surface area contributed by atoms with Crippen molar-refractivity contribution < 1.29 is 4.79 Å². The van der Waals surface area contributed by atoms with Crippen LogP contribution in [0.3, 0.4) is 0 Å². The summed E-state index contributed by atoms with van der Waals surface area (Å²) in [6, 6.07) is 7.30. The highest BCUT2D eigenvalue weighted by Crippen LogP contribution is 2.70. The molecule has 1 N–H and O–H groups in total. The van der Waals surface area contributed by atoms with E-state index in [1.807, 2.05) is 45.0 Å². The van der Waals surface area contributed by atoms with E-state index in [-0.39, 0.29) is 25.3 Å². The van der Waals surface area contributed by atoms with E-state index in [0.717, 1.165) is 5.56 Å². The van der Waals surface area contributed by atoms with E-state index in [9.17, 15) is 4.79 Å². The summed E-state index contributed by atoms with van der Waals surface area (Å²) in [7, 11) is 0. The van der Waals surface area contributed by atoms with Crippen molar-refractivity contribution in [1.29, 1.82) is 0 Å². The first-order chi connectivity index (χ1) is 9.27. The minimum Gasteiger partial charge on any atom is -0.349 e. The Balaban J connectivity index is 0.00000220. The fraction of sp³-hybridized carbons (Fsp3) is 0.562. The van der Waals surface area contributed by atoms with Crippen LogP contribution >= 0.6 is 34.8 Å². The van der Waals surface area contributed by atoms with Gasteiger partial charge in [0.1, 0.15) is 4.33 Å². The maximum atomic E-state index is 12.5. The van der Waals surface area contributed by atoms with Gasteiger partial charge in [0.2, 0.25) is 5.91 Å². The molecule has 1 aromatic carbocycles. The van der Waals surface area contributed by atoms with Gasteiger partial charge >= 0.3 is 0 Å². The lowest BCUT2D eigenvalue weighted by atomic mass is 9.98. The number of rotatable bonds is 4. The summed E-state index contributed by atoms with van der Waals surface area (Å²) in [6.07, 6.45) is 0.625. The molecule has 0 aliphatic heterocycles. The quantitative estimate of drug-likeness (QED) is 0.726. The Bertz CT molecular complexity index is 515. The highest BCUT2D eigenvalue weighted by Gasteiger charge is 2.76. The van der Waals surface area contributed by atoms with Crippen molar-refractivity contribution in [3.05, 3.63) is 34.9 Å². The summed E-state index contributed by atoms with van der Waals surface area (Å²) in [4.78, 5) is 12.5. The van der Waals surface area contributed by atoms with Crippen LogP contribution in [0.2, 0.25) is 5.02 Å². The van der Waals surface area contributed by atoms with E-state index in [2.05, 4.69) is 5.32 Å². The maximum absolute atomic E-state index is 12.5. The van der Waals surface area contributed by atoms with Crippen molar-refractivity contribution in [2.24, 2.45) is 11.3 Å². The van der Waals surface area contributed by atoms with Gasteiger partial charge in [0.15, 0.2) is 0 Å². The molecule has 1 amide bonds. The number of carbonyl (C=O) groups is 1. The molecule has 1 fully saturated rings. The van der Waals surface area contributed by atoms with Gasteiger partial charge in [-0.2, -0.15) is 0 Å². The molecule has 0 unspecified atom stereocenters. The van der Waals surface area contributed by atoms with E-state index in [1.54, 1.807) is 0 Å². The number of benzene rings is 1. The highest BCUT2D eigenvalue weighted by atomic mass is 35.5. The van der Waals surface area contributed by atoms with Gasteiger partial charge in [-0.25, -0.2) is 0 Å². The van der Waals surface area contributed by atoms with Crippen LogP contribution in [-0.2, 0) is 4.79 Å². The molecule has 0 heterocycles. The molecule has 1 aliphatic rings. The molecule has 5 heteroatoms. The van der Waals surface area contributed by atoms with Crippen LogP contribution in [-0.4, -0.2) is 10.2 Å². The number of hydrogen-bond donors (Lipinski definition) is 1. The van der Waals surface area contributed by atoms with E-state index >= 15 is 0 Å². The zero-order valence-electron chi connectivity index (χ0n) is 11.7. The van der Waals surface area contributed by atoms with E-state index in [4.69, 9.17) is 34.8 Å². The molecule has 1 saturated carbocycles. The van der Waals surface area contributed by atoms with Crippen LogP contribution in [0.5, 0.6) is 0 Å². The first-order valence-electron chi connectivity index (χ1n) is 6.71. The third kappa shape index (κ3) is 2.91. The lowest BCUT2D eigenvalue weighted by molar-refractivity contribution is -0.127. The predicted octanol–water partition coefficient (Wildman–Crippen LogP) is 5.37. The van der Waals surface area contributed by atoms with Crippen molar-refractivity contribution in [2.75, 3.05) is 0 Å². The lowest BCUT2D eigenvalue weighted by Gasteiger charge is -2.20. The van der Waals surface area contributed by atoms with Crippen molar-refractivity contribution in [2.45, 2.75) is 45.0 Å². The average molecular weight is 351 g/mol. The molecule has 0 spiro atoms. The lowest BCUT2D eigenvalue weighted by Crippen LogP contribution is -2.36. The average Bonchev–Trinajstić information content (AvgIpc) is 2.84. The van der Waals surface area contributed by atoms with Crippen molar-refractivity contribution in [1.82, 2.24) is 5.32 Å². The second-order valence-corrected chi connectivity index (χ2v) is 7.24. The van der Waals surface area contributed by atoms with Gasteiger partial charge in [-0.05, 0) is 31.0 Å². The molecule has 0 radical (unpaired) electrons. The molecule has 118 valence electrons. The largest absolute Gasteiger partial charge is 0.349 e. The number of alkyl halides is 2. The number of halogens is 3. The number of carbonyl (C=O) groups excluding carboxylic acids is 1. The molecule has 2 nitrogen and oxygen atoms in total. The van der Waals surface area contributed by atoms with Crippen molar-refractivity contribution in [3.63, 3.8) is 0 Å². The molecule has 21 heavy (non-hydrogen) atoms. The summed E-state index contributed by atoms with van der Waals surface area (Å²) in [5, 5.41) is 3.68. The minimum absolute atomic E-state index is 0.